The summed E-state index contributed by atoms with van der Waals surface area (Å²) in [4.78, 5) is 16.7. The molecule has 0 atom stereocenters. The van der Waals surface area contributed by atoms with Crippen LogP contribution in [0.3, 0.4) is 0 Å². The third-order valence-electron chi connectivity index (χ3n) is 3.65. The zero-order valence-corrected chi connectivity index (χ0v) is 15.9. The number of amides is 1. The molecule has 0 fully saturated rings. The van der Waals surface area contributed by atoms with Gasteiger partial charge in [0, 0.05) is 34.9 Å². The Bertz CT molecular complexity index is 1040. The summed E-state index contributed by atoms with van der Waals surface area (Å²) in [6, 6.07) is 13.2. The fourth-order valence-electron chi connectivity index (χ4n) is 2.32. The highest BCUT2D eigenvalue weighted by molar-refractivity contribution is 7.89. The van der Waals surface area contributed by atoms with Crippen molar-refractivity contribution < 1.29 is 13.2 Å². The van der Waals surface area contributed by atoms with E-state index in [0.29, 0.717) is 5.69 Å². The minimum atomic E-state index is -3.69. The number of hydrogen-bond donors (Lipinski definition) is 2. The van der Waals surface area contributed by atoms with Crippen molar-refractivity contribution in [3.05, 3.63) is 78.3 Å². The normalized spacial score (nSPS) is 11.1. The molecule has 1 aromatic heterocycles. The van der Waals surface area contributed by atoms with Crippen LogP contribution in [0.2, 0.25) is 0 Å². The summed E-state index contributed by atoms with van der Waals surface area (Å²) in [6.07, 6.45) is 3.18. The molecule has 138 valence electrons. The molecule has 0 bridgehead atoms. The molecule has 27 heavy (non-hydrogen) atoms. The zero-order valence-electron chi connectivity index (χ0n) is 14.3. The second-order valence-electron chi connectivity index (χ2n) is 5.54. The molecule has 0 radical (unpaired) electrons. The van der Waals surface area contributed by atoms with Crippen LogP contribution in [0.25, 0.3) is 10.6 Å². The SMILES string of the molecule is C=CCNS(=O)(=O)c1cccc(C(=O)Nc2ccc(-c3nccs3)cc2)c1. The van der Waals surface area contributed by atoms with Gasteiger partial charge in [0.05, 0.1) is 4.90 Å². The fourth-order valence-corrected chi connectivity index (χ4v) is 4.01. The van der Waals surface area contributed by atoms with Crippen LogP contribution < -0.4 is 10.0 Å². The van der Waals surface area contributed by atoms with E-state index < -0.39 is 15.9 Å². The van der Waals surface area contributed by atoms with Gasteiger partial charge in [0.15, 0.2) is 0 Å². The molecule has 1 amide bonds. The molecule has 0 aliphatic carbocycles. The van der Waals surface area contributed by atoms with E-state index in [4.69, 9.17) is 0 Å². The lowest BCUT2D eigenvalue weighted by Gasteiger charge is -2.08. The quantitative estimate of drug-likeness (QED) is 0.595. The number of anilines is 1. The zero-order chi connectivity index (χ0) is 19.3. The first-order valence-corrected chi connectivity index (χ1v) is 10.4. The third-order valence-corrected chi connectivity index (χ3v) is 5.89. The summed E-state index contributed by atoms with van der Waals surface area (Å²) in [7, 11) is -3.69. The summed E-state index contributed by atoms with van der Waals surface area (Å²) < 4.78 is 26.7. The van der Waals surface area contributed by atoms with Crippen molar-refractivity contribution in [1.29, 1.82) is 0 Å². The molecule has 0 unspecified atom stereocenters. The van der Waals surface area contributed by atoms with Crippen molar-refractivity contribution in [3.63, 3.8) is 0 Å². The van der Waals surface area contributed by atoms with Gasteiger partial charge < -0.3 is 5.32 Å². The number of aromatic nitrogens is 1. The van der Waals surface area contributed by atoms with Gasteiger partial charge in [0.25, 0.3) is 5.91 Å². The van der Waals surface area contributed by atoms with Crippen LogP contribution in [-0.2, 0) is 10.0 Å². The number of thiazole rings is 1. The van der Waals surface area contributed by atoms with Gasteiger partial charge in [-0.2, -0.15) is 0 Å². The van der Waals surface area contributed by atoms with E-state index in [1.54, 1.807) is 24.4 Å². The van der Waals surface area contributed by atoms with Crippen molar-refractivity contribution in [2.45, 2.75) is 4.90 Å². The second-order valence-corrected chi connectivity index (χ2v) is 8.20. The number of hydrogen-bond acceptors (Lipinski definition) is 5. The van der Waals surface area contributed by atoms with Gasteiger partial charge in [0.1, 0.15) is 5.01 Å². The van der Waals surface area contributed by atoms with Gasteiger partial charge in [-0.25, -0.2) is 18.1 Å². The largest absolute Gasteiger partial charge is 0.322 e. The van der Waals surface area contributed by atoms with Crippen molar-refractivity contribution >= 4 is 33.0 Å². The highest BCUT2D eigenvalue weighted by atomic mass is 32.2. The lowest BCUT2D eigenvalue weighted by molar-refractivity contribution is 0.102. The molecule has 0 saturated heterocycles. The molecule has 0 saturated carbocycles. The van der Waals surface area contributed by atoms with Gasteiger partial charge >= 0.3 is 0 Å². The van der Waals surface area contributed by atoms with E-state index in [1.807, 2.05) is 17.5 Å². The number of benzene rings is 2. The van der Waals surface area contributed by atoms with E-state index in [0.717, 1.165) is 10.6 Å². The molecular formula is C19H17N3O3S2. The van der Waals surface area contributed by atoms with Crippen LogP contribution in [0.1, 0.15) is 10.4 Å². The Morgan fingerprint density at radius 2 is 1.96 bits per heavy atom. The molecule has 8 heteroatoms. The molecule has 6 nitrogen and oxygen atoms in total. The maximum atomic E-state index is 12.5. The van der Waals surface area contributed by atoms with E-state index in [9.17, 15) is 13.2 Å². The number of nitrogens with one attached hydrogen (secondary N) is 2. The maximum absolute atomic E-state index is 12.5. The Balaban J connectivity index is 1.75. The first kappa shape index (κ1) is 19.0. The monoisotopic (exact) mass is 399 g/mol. The first-order chi connectivity index (χ1) is 13.0. The lowest BCUT2D eigenvalue weighted by atomic mass is 10.2. The summed E-state index contributed by atoms with van der Waals surface area (Å²) >= 11 is 1.53. The molecule has 1 heterocycles. The van der Waals surface area contributed by atoms with Gasteiger partial charge in [-0.05, 0) is 42.5 Å². The van der Waals surface area contributed by atoms with Crippen molar-refractivity contribution in [3.8, 4) is 10.6 Å². The van der Waals surface area contributed by atoms with Crippen LogP contribution in [0, 0.1) is 0 Å². The molecular weight excluding hydrogens is 382 g/mol. The van der Waals surface area contributed by atoms with Crippen LogP contribution in [0.15, 0.2) is 77.7 Å². The highest BCUT2D eigenvalue weighted by Gasteiger charge is 2.15. The molecule has 0 aliphatic rings. The van der Waals surface area contributed by atoms with E-state index in [1.165, 1.54) is 35.6 Å². The molecule has 0 spiro atoms. The van der Waals surface area contributed by atoms with Crippen molar-refractivity contribution in [2.24, 2.45) is 0 Å². The van der Waals surface area contributed by atoms with Crippen LogP contribution >= 0.6 is 11.3 Å². The van der Waals surface area contributed by atoms with Gasteiger partial charge in [-0.3, -0.25) is 4.79 Å². The van der Waals surface area contributed by atoms with Crippen LogP contribution in [0.4, 0.5) is 5.69 Å². The first-order valence-electron chi connectivity index (χ1n) is 8.01. The maximum Gasteiger partial charge on any atom is 0.255 e. The van der Waals surface area contributed by atoms with Crippen molar-refractivity contribution in [1.82, 2.24) is 9.71 Å². The van der Waals surface area contributed by atoms with E-state index in [2.05, 4.69) is 21.6 Å². The summed E-state index contributed by atoms with van der Waals surface area (Å²) in [5.74, 6) is -0.391. The number of sulfonamides is 1. The third kappa shape index (κ3) is 4.68. The van der Waals surface area contributed by atoms with Crippen LogP contribution in [-0.4, -0.2) is 25.9 Å². The lowest BCUT2D eigenvalue weighted by Crippen LogP contribution is -2.24. The molecule has 3 rings (SSSR count). The Labute approximate surface area is 161 Å². The number of carbonyl (C=O) groups excluding carboxylic acids is 1. The van der Waals surface area contributed by atoms with Gasteiger partial charge in [0.2, 0.25) is 10.0 Å². The summed E-state index contributed by atoms with van der Waals surface area (Å²) in [5.41, 5.74) is 1.82. The Kier molecular flexibility index (Phi) is 5.80. The predicted molar refractivity (Wildman–Crippen MR) is 107 cm³/mol. The Morgan fingerprint density at radius 3 is 2.63 bits per heavy atom. The molecule has 2 N–H and O–H groups in total. The highest BCUT2D eigenvalue weighted by Crippen LogP contribution is 2.23. The fraction of sp³-hybridized carbons (Fsp3) is 0.0526. The minimum Gasteiger partial charge on any atom is -0.322 e. The topological polar surface area (TPSA) is 88.2 Å². The number of rotatable bonds is 7. The van der Waals surface area contributed by atoms with Gasteiger partial charge in [-0.1, -0.05) is 12.1 Å². The average Bonchev–Trinajstić information content (AvgIpc) is 3.22. The smallest absolute Gasteiger partial charge is 0.255 e. The minimum absolute atomic E-state index is 0.0242. The predicted octanol–water partition coefficient (Wildman–Crippen LogP) is 3.53. The Morgan fingerprint density at radius 1 is 1.19 bits per heavy atom. The van der Waals surface area contributed by atoms with E-state index >= 15 is 0 Å². The number of carbonyl (C=O) groups is 1. The summed E-state index contributed by atoms with van der Waals surface area (Å²) in [5, 5.41) is 5.56. The van der Waals surface area contributed by atoms with Crippen molar-refractivity contribution in [2.75, 3.05) is 11.9 Å². The van der Waals surface area contributed by atoms with E-state index in [-0.39, 0.29) is 17.0 Å². The summed E-state index contributed by atoms with van der Waals surface area (Å²) in [6.45, 7) is 3.59. The average molecular weight is 399 g/mol. The second kappa shape index (κ2) is 8.26. The standard InChI is InChI=1S/C19H17N3O3S2/c1-2-10-21-27(24,25)17-5-3-4-15(13-17)18(23)22-16-8-6-14(7-9-16)19-20-11-12-26-19/h2-9,11-13,21H,1,10H2,(H,22,23). The molecule has 2 aromatic carbocycles. The Hall–Kier alpha value is -2.81. The number of nitrogens with zero attached hydrogens (tertiary/aromatic N) is 1. The van der Waals surface area contributed by atoms with Crippen LogP contribution in [0.5, 0.6) is 0 Å². The molecule has 3 aromatic rings. The molecule has 0 aliphatic heterocycles. The van der Waals surface area contributed by atoms with Gasteiger partial charge in [-0.15, -0.1) is 17.9 Å².